The van der Waals surface area contributed by atoms with Crippen molar-refractivity contribution in [2.75, 3.05) is 13.7 Å². The van der Waals surface area contributed by atoms with Crippen LogP contribution in [0.15, 0.2) is 72.6 Å². The molecule has 1 unspecified atom stereocenters. The maximum Gasteiger partial charge on any atom is 0.295 e. The number of aliphatic hydroxyl groups excluding tert-OH is 1. The van der Waals surface area contributed by atoms with Crippen LogP contribution >= 0.6 is 0 Å². The molecule has 6 nitrogen and oxygen atoms in total. The van der Waals surface area contributed by atoms with E-state index >= 15 is 0 Å². The van der Waals surface area contributed by atoms with Gasteiger partial charge in [0.25, 0.3) is 11.7 Å². The number of likely N-dealkylation sites (tertiary alicyclic amines) is 1. The van der Waals surface area contributed by atoms with Crippen molar-refractivity contribution in [2.45, 2.75) is 32.2 Å². The number of hydrogen-bond donors (Lipinski definition) is 1. The van der Waals surface area contributed by atoms with E-state index in [2.05, 4.69) is 4.98 Å². The van der Waals surface area contributed by atoms with Gasteiger partial charge in [-0.2, -0.15) is 0 Å². The van der Waals surface area contributed by atoms with Crippen molar-refractivity contribution in [3.8, 4) is 5.75 Å². The Bertz CT molecular complexity index is 1270. The molecule has 1 fully saturated rings. The van der Waals surface area contributed by atoms with Gasteiger partial charge in [0.2, 0.25) is 0 Å². The average molecular weight is 475 g/mol. The van der Waals surface area contributed by atoms with Crippen molar-refractivity contribution in [1.29, 1.82) is 0 Å². The number of carbonyl (C=O) groups is 2. The molecule has 4 rings (SSSR count). The summed E-state index contributed by atoms with van der Waals surface area (Å²) in [4.78, 5) is 31.8. The third-order valence-electron chi connectivity index (χ3n) is 6.24. The van der Waals surface area contributed by atoms with E-state index in [0.29, 0.717) is 23.3 Å². The van der Waals surface area contributed by atoms with Gasteiger partial charge in [0, 0.05) is 24.5 Å². The number of aliphatic hydroxyl groups is 1. The van der Waals surface area contributed by atoms with E-state index in [-0.39, 0.29) is 29.6 Å². The standard InChI is InChI=1S/C28H27FN2O4/c1-17(2)22-16-20(6-9-23(22)35-3)26(32)24-25(19-10-13-30-14-11-19)31(28(34)27(24)33)15-12-18-4-7-21(29)8-5-18/h4-11,13-14,16-17,25,32H,12,15H2,1-3H3/b26-24-. The van der Waals surface area contributed by atoms with E-state index in [1.807, 2.05) is 13.8 Å². The summed E-state index contributed by atoms with van der Waals surface area (Å²) in [5.74, 6) is -1.21. The van der Waals surface area contributed by atoms with Crippen molar-refractivity contribution < 1.29 is 23.8 Å². The van der Waals surface area contributed by atoms with Crippen LogP contribution in [0.5, 0.6) is 5.75 Å². The zero-order chi connectivity index (χ0) is 25.1. The molecule has 1 aromatic heterocycles. The zero-order valence-corrected chi connectivity index (χ0v) is 19.9. The molecule has 0 spiro atoms. The minimum atomic E-state index is -0.775. The molecule has 1 aliphatic rings. The molecule has 180 valence electrons. The lowest BCUT2D eigenvalue weighted by molar-refractivity contribution is -0.139. The summed E-state index contributed by atoms with van der Waals surface area (Å²) in [6.45, 7) is 4.24. The summed E-state index contributed by atoms with van der Waals surface area (Å²) < 4.78 is 18.7. The summed E-state index contributed by atoms with van der Waals surface area (Å²) in [5.41, 5.74) is 2.84. The van der Waals surface area contributed by atoms with Crippen LogP contribution < -0.4 is 4.74 Å². The maximum atomic E-state index is 13.3. The predicted molar refractivity (Wildman–Crippen MR) is 130 cm³/mol. The number of nitrogens with zero attached hydrogens (tertiary/aromatic N) is 2. The van der Waals surface area contributed by atoms with Gasteiger partial charge < -0.3 is 14.7 Å². The van der Waals surface area contributed by atoms with Crippen LogP contribution in [-0.2, 0) is 16.0 Å². The Labute approximate surface area is 203 Å². The second kappa shape index (κ2) is 10.1. The van der Waals surface area contributed by atoms with Gasteiger partial charge in [0.1, 0.15) is 17.3 Å². The monoisotopic (exact) mass is 474 g/mol. The van der Waals surface area contributed by atoms with Gasteiger partial charge in [-0.1, -0.05) is 26.0 Å². The van der Waals surface area contributed by atoms with Crippen LogP contribution in [0.4, 0.5) is 4.39 Å². The topological polar surface area (TPSA) is 79.7 Å². The first kappa shape index (κ1) is 24.1. The van der Waals surface area contributed by atoms with Gasteiger partial charge in [-0.3, -0.25) is 14.6 Å². The SMILES string of the molecule is COc1ccc(/C(O)=C2/C(=O)C(=O)N(CCc3ccc(F)cc3)C2c2ccncc2)cc1C(C)C. The van der Waals surface area contributed by atoms with E-state index in [4.69, 9.17) is 4.74 Å². The fourth-order valence-corrected chi connectivity index (χ4v) is 4.39. The molecule has 1 saturated heterocycles. The van der Waals surface area contributed by atoms with Crippen LogP contribution in [0.3, 0.4) is 0 Å². The van der Waals surface area contributed by atoms with Crippen molar-refractivity contribution in [1.82, 2.24) is 9.88 Å². The Kier molecular flexibility index (Phi) is 6.96. The van der Waals surface area contributed by atoms with Crippen molar-refractivity contribution >= 4 is 17.4 Å². The highest BCUT2D eigenvalue weighted by Gasteiger charge is 2.45. The molecule has 2 heterocycles. The van der Waals surface area contributed by atoms with E-state index in [1.54, 1.807) is 62.0 Å². The molecule has 7 heteroatoms. The number of Topliss-reactive ketones (excluding diaryl/α,β-unsaturated/α-hetero) is 1. The number of aromatic nitrogens is 1. The number of methoxy groups -OCH3 is 1. The minimum absolute atomic E-state index is 0.0279. The molecule has 35 heavy (non-hydrogen) atoms. The minimum Gasteiger partial charge on any atom is -0.507 e. The summed E-state index contributed by atoms with van der Waals surface area (Å²) in [6.07, 6.45) is 3.59. The van der Waals surface area contributed by atoms with E-state index in [0.717, 1.165) is 11.1 Å². The Balaban J connectivity index is 1.78. The lowest BCUT2D eigenvalue weighted by Crippen LogP contribution is -2.31. The second-order valence-corrected chi connectivity index (χ2v) is 8.76. The lowest BCUT2D eigenvalue weighted by Gasteiger charge is -2.25. The van der Waals surface area contributed by atoms with E-state index < -0.39 is 17.7 Å². The molecular formula is C28H27FN2O4. The molecule has 1 atom stereocenters. The van der Waals surface area contributed by atoms with E-state index in [9.17, 15) is 19.1 Å². The fraction of sp³-hybridized carbons (Fsp3) is 0.250. The van der Waals surface area contributed by atoms with Crippen LogP contribution in [0, 0.1) is 5.82 Å². The number of pyridine rings is 1. The van der Waals surface area contributed by atoms with Crippen LogP contribution in [0.25, 0.3) is 5.76 Å². The number of benzene rings is 2. The summed E-state index contributed by atoms with van der Waals surface area (Å²) in [7, 11) is 1.58. The van der Waals surface area contributed by atoms with Crippen molar-refractivity contribution in [3.05, 3.63) is 101 Å². The normalized spacial score (nSPS) is 17.3. The van der Waals surface area contributed by atoms with Gasteiger partial charge in [-0.15, -0.1) is 0 Å². The Morgan fingerprint density at radius 2 is 1.77 bits per heavy atom. The average Bonchev–Trinajstić information content (AvgIpc) is 3.13. The zero-order valence-electron chi connectivity index (χ0n) is 19.9. The van der Waals surface area contributed by atoms with Crippen molar-refractivity contribution in [2.24, 2.45) is 0 Å². The first-order valence-corrected chi connectivity index (χ1v) is 11.4. The third-order valence-corrected chi connectivity index (χ3v) is 6.24. The Morgan fingerprint density at radius 1 is 1.09 bits per heavy atom. The largest absolute Gasteiger partial charge is 0.507 e. The molecule has 0 saturated carbocycles. The Morgan fingerprint density at radius 3 is 2.40 bits per heavy atom. The number of ether oxygens (including phenoxy) is 1. The summed E-state index contributed by atoms with van der Waals surface area (Å²) >= 11 is 0. The molecule has 3 aromatic rings. The highest BCUT2D eigenvalue weighted by Crippen LogP contribution is 2.40. The quantitative estimate of drug-likeness (QED) is 0.296. The molecule has 1 aliphatic heterocycles. The molecule has 0 radical (unpaired) electrons. The molecule has 1 amide bonds. The van der Waals surface area contributed by atoms with Crippen molar-refractivity contribution in [3.63, 3.8) is 0 Å². The van der Waals surface area contributed by atoms with Crippen LogP contribution in [0.2, 0.25) is 0 Å². The first-order chi connectivity index (χ1) is 16.8. The number of rotatable bonds is 7. The van der Waals surface area contributed by atoms with Gasteiger partial charge in [0.15, 0.2) is 0 Å². The van der Waals surface area contributed by atoms with Gasteiger partial charge >= 0.3 is 0 Å². The number of halogens is 1. The second-order valence-electron chi connectivity index (χ2n) is 8.76. The van der Waals surface area contributed by atoms with Gasteiger partial charge in [0.05, 0.1) is 18.7 Å². The van der Waals surface area contributed by atoms with Crippen LogP contribution in [0.1, 0.15) is 48.1 Å². The summed E-state index contributed by atoms with van der Waals surface area (Å²) in [5, 5.41) is 11.3. The van der Waals surface area contributed by atoms with E-state index in [1.165, 1.54) is 17.0 Å². The molecule has 0 aliphatic carbocycles. The number of ketones is 1. The molecular weight excluding hydrogens is 447 g/mol. The van der Waals surface area contributed by atoms with Crippen LogP contribution in [-0.4, -0.2) is 40.3 Å². The van der Waals surface area contributed by atoms with Gasteiger partial charge in [-0.05, 0) is 71.5 Å². The van der Waals surface area contributed by atoms with Gasteiger partial charge in [-0.25, -0.2) is 4.39 Å². The fourth-order valence-electron chi connectivity index (χ4n) is 4.39. The third kappa shape index (κ3) is 4.80. The number of carbonyl (C=O) groups excluding carboxylic acids is 2. The summed E-state index contributed by atoms with van der Waals surface area (Å²) in [6, 6.07) is 13.9. The molecule has 1 N–H and O–H groups in total. The highest BCUT2D eigenvalue weighted by atomic mass is 19.1. The highest BCUT2D eigenvalue weighted by molar-refractivity contribution is 6.46. The molecule has 2 aromatic carbocycles. The smallest absolute Gasteiger partial charge is 0.295 e. The maximum absolute atomic E-state index is 13.3. The number of hydrogen-bond acceptors (Lipinski definition) is 5. The lowest BCUT2D eigenvalue weighted by atomic mass is 9.93. The molecule has 0 bridgehead atoms. The Hall–Kier alpha value is -4.00. The predicted octanol–water partition coefficient (Wildman–Crippen LogP) is 5.02. The first-order valence-electron chi connectivity index (χ1n) is 11.4. The number of amides is 1.